The number of esters is 1. The minimum Gasteiger partial charge on any atom is -0.469 e. The number of methoxy groups -OCH3 is 1. The van der Waals surface area contributed by atoms with Gasteiger partial charge >= 0.3 is 5.97 Å². The molecule has 0 spiro atoms. The first-order chi connectivity index (χ1) is 4.52. The second-order valence-electron chi connectivity index (χ2n) is 2.38. The van der Waals surface area contributed by atoms with E-state index in [1.54, 1.807) is 0 Å². The smallest absolute Gasteiger partial charge is 0.308 e. The molecule has 1 N–H and O–H groups in total. The van der Waals surface area contributed by atoms with Crippen molar-refractivity contribution < 1.29 is 14.6 Å². The molecule has 0 rings (SSSR count). The summed E-state index contributed by atoms with van der Waals surface area (Å²) in [6.07, 6.45) is -0.0625. The van der Waals surface area contributed by atoms with E-state index in [0.717, 1.165) is 0 Å². The maximum Gasteiger partial charge on any atom is 0.308 e. The molecule has 60 valence electrons. The maximum atomic E-state index is 10.5. The Morgan fingerprint density at radius 1 is 1.80 bits per heavy atom. The summed E-state index contributed by atoms with van der Waals surface area (Å²) in [5, 5.41) is 9.19. The van der Waals surface area contributed by atoms with Gasteiger partial charge in [0.2, 0.25) is 0 Å². The molecule has 3 nitrogen and oxygen atoms in total. The largest absolute Gasteiger partial charge is 0.469 e. The Morgan fingerprint density at radius 2 is 2.30 bits per heavy atom. The van der Waals surface area contributed by atoms with Crippen molar-refractivity contribution >= 4 is 17.6 Å². The van der Waals surface area contributed by atoms with Crippen LogP contribution in [0.4, 0.5) is 0 Å². The van der Waals surface area contributed by atoms with E-state index in [1.807, 2.05) is 0 Å². The topological polar surface area (TPSA) is 46.5 Å². The molecule has 0 aliphatic carbocycles. The first-order valence-corrected chi connectivity index (χ1v) is 3.40. The molecule has 0 aliphatic rings. The molecule has 0 fully saturated rings. The second kappa shape index (κ2) is 3.78. The van der Waals surface area contributed by atoms with Gasteiger partial charge in [0.1, 0.15) is 0 Å². The third kappa shape index (κ3) is 3.69. The molecule has 4 heteroatoms. The summed E-state index contributed by atoms with van der Waals surface area (Å²) in [5.74, 6) is -0.423. The summed E-state index contributed by atoms with van der Waals surface area (Å²) in [6.45, 7) is 1.48. The molecular formula is C6H11ClO3. The zero-order chi connectivity index (χ0) is 8.20. The number of hydrogen-bond donors (Lipinski definition) is 1. The van der Waals surface area contributed by atoms with Gasteiger partial charge in [0.25, 0.3) is 0 Å². The van der Waals surface area contributed by atoms with Crippen molar-refractivity contribution in [2.45, 2.75) is 18.9 Å². The lowest BCUT2D eigenvalue weighted by atomic mass is 10.1. The number of carbonyl (C=O) groups is 1. The van der Waals surface area contributed by atoms with Crippen molar-refractivity contribution in [3.63, 3.8) is 0 Å². The Bertz CT molecular complexity index is 122. The number of alkyl halides is 1. The van der Waals surface area contributed by atoms with Gasteiger partial charge in [-0.25, -0.2) is 0 Å². The predicted molar refractivity (Wildman–Crippen MR) is 38.0 cm³/mol. The van der Waals surface area contributed by atoms with Gasteiger partial charge in [-0.3, -0.25) is 4.79 Å². The third-order valence-corrected chi connectivity index (χ3v) is 1.62. The van der Waals surface area contributed by atoms with Crippen LogP contribution < -0.4 is 0 Å². The molecule has 0 saturated carbocycles. The highest BCUT2D eigenvalue weighted by Crippen LogP contribution is 2.11. The fraction of sp³-hybridized carbons (Fsp3) is 0.833. The number of rotatable bonds is 3. The minimum absolute atomic E-state index is 0.0299. The average Bonchev–Trinajstić information content (AvgIpc) is 1.87. The van der Waals surface area contributed by atoms with Crippen molar-refractivity contribution in [2.75, 3.05) is 13.0 Å². The van der Waals surface area contributed by atoms with E-state index >= 15 is 0 Å². The molecule has 0 aromatic rings. The van der Waals surface area contributed by atoms with Gasteiger partial charge < -0.3 is 9.84 Å². The summed E-state index contributed by atoms with van der Waals surface area (Å²) < 4.78 is 4.33. The lowest BCUT2D eigenvalue weighted by Crippen LogP contribution is -2.30. The summed E-state index contributed by atoms with van der Waals surface area (Å²) in [4.78, 5) is 10.5. The van der Waals surface area contributed by atoms with Crippen LogP contribution in [0.2, 0.25) is 0 Å². The minimum atomic E-state index is -1.14. The van der Waals surface area contributed by atoms with Crippen molar-refractivity contribution in [2.24, 2.45) is 0 Å². The predicted octanol–water partition coefficient (Wildman–Crippen LogP) is 0.539. The molecule has 0 aromatic carbocycles. The van der Waals surface area contributed by atoms with Gasteiger partial charge in [0.05, 0.1) is 25.0 Å². The molecule has 0 aromatic heterocycles. The van der Waals surface area contributed by atoms with E-state index < -0.39 is 11.6 Å². The zero-order valence-corrected chi connectivity index (χ0v) is 6.81. The van der Waals surface area contributed by atoms with Crippen LogP contribution in [0, 0.1) is 0 Å². The molecule has 0 bridgehead atoms. The Morgan fingerprint density at radius 3 is 2.60 bits per heavy atom. The summed E-state index contributed by atoms with van der Waals surface area (Å²) >= 11 is 5.34. The van der Waals surface area contributed by atoms with Crippen molar-refractivity contribution in [3.8, 4) is 0 Å². The molecule has 0 saturated heterocycles. The Balaban J connectivity index is 3.76. The molecule has 0 unspecified atom stereocenters. The van der Waals surface area contributed by atoms with E-state index in [1.165, 1.54) is 14.0 Å². The lowest BCUT2D eigenvalue weighted by molar-refractivity contribution is -0.144. The van der Waals surface area contributed by atoms with Gasteiger partial charge in [-0.2, -0.15) is 0 Å². The van der Waals surface area contributed by atoms with Gasteiger partial charge in [0, 0.05) is 0 Å². The number of hydrogen-bond acceptors (Lipinski definition) is 3. The molecule has 0 heterocycles. The molecule has 10 heavy (non-hydrogen) atoms. The molecule has 0 aliphatic heterocycles. The maximum absolute atomic E-state index is 10.5. The number of ether oxygens (including phenoxy) is 1. The van der Waals surface area contributed by atoms with E-state index in [4.69, 9.17) is 11.6 Å². The Hall–Kier alpha value is -0.280. The third-order valence-electron chi connectivity index (χ3n) is 1.04. The van der Waals surface area contributed by atoms with Gasteiger partial charge in [-0.1, -0.05) is 0 Å². The van der Waals surface area contributed by atoms with Crippen LogP contribution in [-0.4, -0.2) is 29.7 Å². The Labute approximate surface area is 64.9 Å². The normalized spacial score (nSPS) is 16.0. The zero-order valence-electron chi connectivity index (χ0n) is 6.06. The first kappa shape index (κ1) is 9.72. The van der Waals surface area contributed by atoms with E-state index in [-0.39, 0.29) is 12.3 Å². The number of aliphatic hydroxyl groups is 1. The van der Waals surface area contributed by atoms with Crippen LogP contribution in [0.1, 0.15) is 13.3 Å². The van der Waals surface area contributed by atoms with Crippen LogP contribution in [0.25, 0.3) is 0 Å². The van der Waals surface area contributed by atoms with Gasteiger partial charge in [-0.15, -0.1) is 11.6 Å². The summed E-state index contributed by atoms with van der Waals surface area (Å²) in [7, 11) is 1.27. The SMILES string of the molecule is COC(=O)C[C@](C)(O)CCl. The quantitative estimate of drug-likeness (QED) is 0.492. The van der Waals surface area contributed by atoms with E-state index in [9.17, 15) is 9.90 Å². The standard InChI is InChI=1S/C6H11ClO3/c1-6(9,4-7)3-5(8)10-2/h9H,3-4H2,1-2H3/t6-/m0/s1. The number of carbonyl (C=O) groups excluding carboxylic acids is 1. The van der Waals surface area contributed by atoms with Crippen LogP contribution in [0.3, 0.4) is 0 Å². The first-order valence-electron chi connectivity index (χ1n) is 2.87. The monoisotopic (exact) mass is 166 g/mol. The highest BCUT2D eigenvalue weighted by Gasteiger charge is 2.23. The lowest BCUT2D eigenvalue weighted by Gasteiger charge is -2.17. The van der Waals surface area contributed by atoms with E-state index in [2.05, 4.69) is 4.74 Å². The van der Waals surface area contributed by atoms with Crippen LogP contribution in [0.5, 0.6) is 0 Å². The second-order valence-corrected chi connectivity index (χ2v) is 2.65. The summed E-state index contributed by atoms with van der Waals surface area (Å²) in [5.41, 5.74) is -1.14. The highest BCUT2D eigenvalue weighted by molar-refractivity contribution is 6.18. The average molecular weight is 167 g/mol. The fourth-order valence-corrected chi connectivity index (χ4v) is 0.525. The molecule has 1 atom stereocenters. The highest BCUT2D eigenvalue weighted by atomic mass is 35.5. The molecule has 0 radical (unpaired) electrons. The van der Waals surface area contributed by atoms with Crippen LogP contribution in [0.15, 0.2) is 0 Å². The number of halogens is 1. The van der Waals surface area contributed by atoms with Gasteiger partial charge in [0.15, 0.2) is 0 Å². The summed E-state index contributed by atoms with van der Waals surface area (Å²) in [6, 6.07) is 0. The van der Waals surface area contributed by atoms with Crippen LogP contribution >= 0.6 is 11.6 Å². The molecular weight excluding hydrogens is 156 g/mol. The van der Waals surface area contributed by atoms with Crippen molar-refractivity contribution in [1.82, 2.24) is 0 Å². The fourth-order valence-electron chi connectivity index (χ4n) is 0.430. The van der Waals surface area contributed by atoms with E-state index in [0.29, 0.717) is 0 Å². The molecule has 0 amide bonds. The van der Waals surface area contributed by atoms with Crippen LogP contribution in [-0.2, 0) is 9.53 Å². The Kier molecular flexibility index (Phi) is 3.68. The van der Waals surface area contributed by atoms with Crippen molar-refractivity contribution in [3.05, 3.63) is 0 Å². The van der Waals surface area contributed by atoms with Crippen molar-refractivity contribution in [1.29, 1.82) is 0 Å². The van der Waals surface area contributed by atoms with Gasteiger partial charge in [-0.05, 0) is 6.92 Å².